The Balaban J connectivity index is 2.45. The van der Waals surface area contributed by atoms with Crippen molar-refractivity contribution in [2.24, 2.45) is 0 Å². The maximum absolute atomic E-state index is 11.8. The predicted octanol–water partition coefficient (Wildman–Crippen LogP) is 3.31. The summed E-state index contributed by atoms with van der Waals surface area (Å²) in [6.45, 7) is 0. The van der Waals surface area contributed by atoms with E-state index in [1.807, 2.05) is 32.3 Å². The highest BCUT2D eigenvalue weighted by molar-refractivity contribution is 7.18. The Bertz CT molecular complexity index is 620. The van der Waals surface area contributed by atoms with E-state index in [0.717, 1.165) is 21.8 Å². The Hall–Kier alpha value is -2.01. The minimum Gasteiger partial charge on any atom is -0.465 e. The van der Waals surface area contributed by atoms with E-state index < -0.39 is 0 Å². The van der Waals surface area contributed by atoms with Crippen LogP contribution in [0.25, 0.3) is 10.4 Å². The summed E-state index contributed by atoms with van der Waals surface area (Å²) < 4.78 is 4.81. The van der Waals surface area contributed by atoms with Crippen molar-refractivity contribution in [3.05, 3.63) is 35.2 Å². The summed E-state index contributed by atoms with van der Waals surface area (Å²) in [7, 11) is 7.21. The maximum atomic E-state index is 11.8. The molecule has 0 atom stereocenters. The van der Waals surface area contributed by atoms with Gasteiger partial charge >= 0.3 is 5.97 Å². The molecule has 0 bridgehead atoms. The van der Waals surface area contributed by atoms with Crippen molar-refractivity contribution in [2.45, 2.75) is 0 Å². The molecule has 0 aliphatic heterocycles. The van der Waals surface area contributed by atoms with E-state index in [1.165, 1.54) is 18.4 Å². The van der Waals surface area contributed by atoms with E-state index in [1.54, 1.807) is 7.05 Å². The van der Waals surface area contributed by atoms with Crippen LogP contribution in [0.2, 0.25) is 0 Å². The van der Waals surface area contributed by atoms with Crippen molar-refractivity contribution in [3.63, 3.8) is 0 Å². The van der Waals surface area contributed by atoms with Gasteiger partial charge in [-0.15, -0.1) is 11.3 Å². The Morgan fingerprint density at radius 3 is 2.65 bits per heavy atom. The SMILES string of the molecule is CNc1cc(-c2cccc(N(C)C)c2)sc1C(=O)OC. The van der Waals surface area contributed by atoms with Gasteiger partial charge in [0.25, 0.3) is 0 Å². The summed E-state index contributed by atoms with van der Waals surface area (Å²) in [6, 6.07) is 10.2. The van der Waals surface area contributed by atoms with Crippen LogP contribution in [0.15, 0.2) is 30.3 Å². The quantitative estimate of drug-likeness (QED) is 0.877. The molecular formula is C15H18N2O2S. The molecule has 0 unspecified atom stereocenters. The van der Waals surface area contributed by atoms with Crippen molar-refractivity contribution in [1.29, 1.82) is 0 Å². The zero-order valence-electron chi connectivity index (χ0n) is 12.1. The van der Waals surface area contributed by atoms with Crippen LogP contribution in [0.3, 0.4) is 0 Å². The van der Waals surface area contributed by atoms with Crippen LogP contribution in [-0.2, 0) is 4.74 Å². The first-order valence-electron chi connectivity index (χ1n) is 6.24. The summed E-state index contributed by atoms with van der Waals surface area (Å²) >= 11 is 1.43. The smallest absolute Gasteiger partial charge is 0.350 e. The monoisotopic (exact) mass is 290 g/mol. The first-order chi connectivity index (χ1) is 9.56. The number of nitrogens with zero attached hydrogens (tertiary/aromatic N) is 1. The van der Waals surface area contributed by atoms with Gasteiger partial charge in [-0.3, -0.25) is 0 Å². The first-order valence-corrected chi connectivity index (χ1v) is 7.06. The number of ether oxygens (including phenoxy) is 1. The second kappa shape index (κ2) is 5.96. The Labute approximate surface area is 123 Å². The van der Waals surface area contributed by atoms with Crippen molar-refractivity contribution >= 4 is 28.7 Å². The van der Waals surface area contributed by atoms with Gasteiger partial charge in [-0.2, -0.15) is 0 Å². The summed E-state index contributed by atoms with van der Waals surface area (Å²) in [4.78, 5) is 15.4. The highest BCUT2D eigenvalue weighted by Gasteiger charge is 2.17. The lowest BCUT2D eigenvalue weighted by Crippen LogP contribution is -2.08. The molecule has 0 saturated carbocycles. The van der Waals surface area contributed by atoms with Crippen LogP contribution in [0.1, 0.15) is 9.67 Å². The summed E-state index contributed by atoms with van der Waals surface area (Å²) in [5.41, 5.74) is 3.02. The molecule has 20 heavy (non-hydrogen) atoms. The van der Waals surface area contributed by atoms with Gasteiger partial charge in [-0.1, -0.05) is 12.1 Å². The number of anilines is 2. The van der Waals surface area contributed by atoms with Gasteiger partial charge in [0.15, 0.2) is 0 Å². The van der Waals surface area contributed by atoms with E-state index in [-0.39, 0.29) is 5.97 Å². The van der Waals surface area contributed by atoms with Crippen LogP contribution in [0, 0.1) is 0 Å². The standard InChI is InChI=1S/C15H18N2O2S/c1-16-12-9-13(20-14(12)15(18)19-4)10-6-5-7-11(8-10)17(2)3/h5-9,16H,1-4H3. The second-order valence-corrected chi connectivity index (χ2v) is 5.59. The van der Waals surface area contributed by atoms with Gasteiger partial charge in [-0.05, 0) is 23.8 Å². The highest BCUT2D eigenvalue weighted by Crippen LogP contribution is 2.36. The minimum atomic E-state index is -0.311. The van der Waals surface area contributed by atoms with Gasteiger partial charge in [0.2, 0.25) is 0 Å². The van der Waals surface area contributed by atoms with Crippen LogP contribution in [0.4, 0.5) is 11.4 Å². The number of benzene rings is 1. The molecule has 0 spiro atoms. The Morgan fingerprint density at radius 1 is 1.30 bits per heavy atom. The molecule has 2 aromatic rings. The third-order valence-corrected chi connectivity index (χ3v) is 4.18. The Kier molecular flexibility index (Phi) is 4.29. The Morgan fingerprint density at radius 2 is 2.05 bits per heavy atom. The van der Waals surface area contributed by atoms with Gasteiger partial charge in [0, 0.05) is 31.7 Å². The molecule has 2 rings (SSSR count). The van der Waals surface area contributed by atoms with Crippen LogP contribution in [0.5, 0.6) is 0 Å². The van der Waals surface area contributed by atoms with Crippen molar-refractivity contribution < 1.29 is 9.53 Å². The normalized spacial score (nSPS) is 10.2. The number of nitrogens with one attached hydrogen (secondary N) is 1. The third kappa shape index (κ3) is 2.77. The maximum Gasteiger partial charge on any atom is 0.350 e. The molecule has 0 amide bonds. The topological polar surface area (TPSA) is 41.6 Å². The molecule has 5 heteroatoms. The number of hydrogen-bond donors (Lipinski definition) is 1. The van der Waals surface area contributed by atoms with E-state index in [4.69, 9.17) is 4.74 Å². The van der Waals surface area contributed by atoms with Gasteiger partial charge in [0.1, 0.15) is 4.88 Å². The third-order valence-electron chi connectivity index (χ3n) is 3.02. The molecule has 4 nitrogen and oxygen atoms in total. The van der Waals surface area contributed by atoms with Crippen LogP contribution >= 0.6 is 11.3 Å². The van der Waals surface area contributed by atoms with Gasteiger partial charge in [-0.25, -0.2) is 4.79 Å². The number of thiophene rings is 1. The number of esters is 1. The van der Waals surface area contributed by atoms with E-state index >= 15 is 0 Å². The summed E-state index contributed by atoms with van der Waals surface area (Å²) in [6.07, 6.45) is 0. The van der Waals surface area contributed by atoms with Crippen molar-refractivity contribution in [2.75, 3.05) is 38.5 Å². The average Bonchev–Trinajstić information content (AvgIpc) is 2.90. The molecular weight excluding hydrogens is 272 g/mol. The molecule has 0 radical (unpaired) electrons. The van der Waals surface area contributed by atoms with Crippen molar-refractivity contribution in [3.8, 4) is 10.4 Å². The number of carbonyl (C=O) groups excluding carboxylic acids is 1. The lowest BCUT2D eigenvalue weighted by atomic mass is 10.1. The zero-order valence-corrected chi connectivity index (χ0v) is 12.9. The van der Waals surface area contributed by atoms with Crippen LogP contribution < -0.4 is 10.2 Å². The minimum absolute atomic E-state index is 0.311. The summed E-state index contributed by atoms with van der Waals surface area (Å²) in [5.74, 6) is -0.311. The van der Waals surface area contributed by atoms with E-state index in [0.29, 0.717) is 4.88 Å². The molecule has 0 aliphatic rings. The molecule has 0 saturated heterocycles. The van der Waals surface area contributed by atoms with Gasteiger partial charge in [0.05, 0.1) is 12.8 Å². The summed E-state index contributed by atoms with van der Waals surface area (Å²) in [5, 5.41) is 3.04. The van der Waals surface area contributed by atoms with Crippen molar-refractivity contribution in [1.82, 2.24) is 0 Å². The zero-order chi connectivity index (χ0) is 14.7. The number of carbonyl (C=O) groups is 1. The second-order valence-electron chi connectivity index (χ2n) is 4.54. The molecule has 106 valence electrons. The molecule has 1 N–H and O–H groups in total. The molecule has 1 heterocycles. The number of methoxy groups -OCH3 is 1. The highest BCUT2D eigenvalue weighted by atomic mass is 32.1. The van der Waals surface area contributed by atoms with E-state index in [2.05, 4.69) is 22.3 Å². The molecule has 1 aromatic heterocycles. The average molecular weight is 290 g/mol. The predicted molar refractivity (Wildman–Crippen MR) is 85.0 cm³/mol. The van der Waals surface area contributed by atoms with Crippen LogP contribution in [-0.4, -0.2) is 34.2 Å². The van der Waals surface area contributed by atoms with Gasteiger partial charge < -0.3 is 15.0 Å². The molecule has 0 fully saturated rings. The molecule has 1 aromatic carbocycles. The number of hydrogen-bond acceptors (Lipinski definition) is 5. The largest absolute Gasteiger partial charge is 0.465 e. The lowest BCUT2D eigenvalue weighted by molar-refractivity contribution is 0.0607. The van der Waals surface area contributed by atoms with E-state index in [9.17, 15) is 4.79 Å². The fourth-order valence-electron chi connectivity index (χ4n) is 1.90. The lowest BCUT2D eigenvalue weighted by Gasteiger charge is -2.12. The molecule has 0 aliphatic carbocycles. The fraction of sp³-hybridized carbons (Fsp3) is 0.267. The fourth-order valence-corrected chi connectivity index (χ4v) is 2.98. The number of rotatable bonds is 4. The first kappa shape index (κ1) is 14.4.